The average molecular weight is 352 g/mol. The molecule has 0 aliphatic rings. The Labute approximate surface area is 151 Å². The summed E-state index contributed by atoms with van der Waals surface area (Å²) in [6.45, 7) is 4.92. The Morgan fingerprint density at radius 2 is 1.92 bits per heavy atom. The smallest absolute Gasteiger partial charge is 0.244 e. The highest BCUT2D eigenvalue weighted by Crippen LogP contribution is 2.23. The molecule has 5 heteroatoms. The maximum Gasteiger partial charge on any atom is 0.244 e. The second kappa shape index (κ2) is 7.94. The number of hydrogen-bond donors (Lipinski definition) is 1. The molecule has 1 amide bonds. The van der Waals surface area contributed by atoms with E-state index in [4.69, 9.17) is 4.74 Å². The number of nitrogens with zero attached hydrogens (tertiary/aromatic N) is 1. The van der Waals surface area contributed by atoms with E-state index in [1.807, 2.05) is 56.3 Å². The number of hydrogen-bond acceptors (Lipinski definition) is 4. The molecule has 3 aromatic rings. The molecule has 0 aliphatic carbocycles. The van der Waals surface area contributed by atoms with Gasteiger partial charge in [-0.3, -0.25) is 4.79 Å². The van der Waals surface area contributed by atoms with E-state index in [1.165, 1.54) is 6.08 Å². The highest BCUT2D eigenvalue weighted by molar-refractivity contribution is 7.19. The molecule has 0 atom stereocenters. The van der Waals surface area contributed by atoms with Crippen LogP contribution in [0.1, 0.15) is 16.1 Å². The third-order valence-electron chi connectivity index (χ3n) is 3.74. The van der Waals surface area contributed by atoms with Crippen LogP contribution in [0.4, 0.5) is 0 Å². The fourth-order valence-electron chi connectivity index (χ4n) is 2.52. The van der Waals surface area contributed by atoms with Crippen LogP contribution in [0.15, 0.2) is 48.5 Å². The molecule has 0 unspecified atom stereocenters. The van der Waals surface area contributed by atoms with Crippen molar-refractivity contribution in [2.45, 2.75) is 13.8 Å². The number of carbonyl (C=O) groups is 1. The SMILES string of the molecule is Cc1cccc(C)c1OCCNC(=O)/C=C/c1nc2ccccc2s1. The predicted molar refractivity (Wildman–Crippen MR) is 103 cm³/mol. The highest BCUT2D eigenvalue weighted by atomic mass is 32.1. The molecule has 0 aliphatic heterocycles. The first-order chi connectivity index (χ1) is 12.1. The molecule has 0 saturated heterocycles. The number of rotatable bonds is 6. The van der Waals surface area contributed by atoms with Gasteiger partial charge in [0.25, 0.3) is 0 Å². The number of carbonyl (C=O) groups excluding carboxylic acids is 1. The molecule has 3 rings (SSSR count). The molecular formula is C20H20N2O2S. The number of aromatic nitrogens is 1. The summed E-state index contributed by atoms with van der Waals surface area (Å²) >= 11 is 1.57. The van der Waals surface area contributed by atoms with Crippen molar-refractivity contribution in [1.29, 1.82) is 0 Å². The Balaban J connectivity index is 1.48. The summed E-state index contributed by atoms with van der Waals surface area (Å²) in [4.78, 5) is 16.4. The first kappa shape index (κ1) is 17.2. The maximum absolute atomic E-state index is 11.9. The first-order valence-electron chi connectivity index (χ1n) is 8.14. The lowest BCUT2D eigenvalue weighted by atomic mass is 10.1. The van der Waals surface area contributed by atoms with E-state index < -0.39 is 0 Å². The number of benzene rings is 2. The van der Waals surface area contributed by atoms with Gasteiger partial charge in [-0.25, -0.2) is 4.98 Å². The summed E-state index contributed by atoms with van der Waals surface area (Å²) in [6, 6.07) is 14.0. The van der Waals surface area contributed by atoms with Crippen LogP contribution in [0, 0.1) is 13.8 Å². The summed E-state index contributed by atoms with van der Waals surface area (Å²) in [5, 5.41) is 3.64. The fourth-order valence-corrected chi connectivity index (χ4v) is 3.39. The zero-order valence-corrected chi connectivity index (χ0v) is 15.1. The highest BCUT2D eigenvalue weighted by Gasteiger charge is 2.04. The van der Waals surface area contributed by atoms with Gasteiger partial charge < -0.3 is 10.1 Å². The standard InChI is InChI=1S/C20H20N2O2S/c1-14-6-5-7-15(2)20(14)24-13-12-21-18(23)10-11-19-22-16-8-3-4-9-17(16)25-19/h3-11H,12-13H2,1-2H3,(H,21,23)/b11-10+. The third-order valence-corrected chi connectivity index (χ3v) is 4.75. The van der Waals surface area contributed by atoms with Crippen LogP contribution < -0.4 is 10.1 Å². The summed E-state index contributed by atoms with van der Waals surface area (Å²) in [5.41, 5.74) is 3.15. The first-order valence-corrected chi connectivity index (χ1v) is 8.95. The van der Waals surface area contributed by atoms with Gasteiger partial charge in [0, 0.05) is 6.08 Å². The van der Waals surface area contributed by atoms with Gasteiger partial charge in [0.15, 0.2) is 0 Å². The number of thiazole rings is 1. The lowest BCUT2D eigenvalue weighted by molar-refractivity contribution is -0.116. The van der Waals surface area contributed by atoms with Gasteiger partial charge in [0.2, 0.25) is 5.91 Å². The predicted octanol–water partition coefficient (Wildman–Crippen LogP) is 4.12. The van der Waals surface area contributed by atoms with Gasteiger partial charge >= 0.3 is 0 Å². The van der Waals surface area contributed by atoms with E-state index in [0.717, 1.165) is 32.1 Å². The van der Waals surface area contributed by atoms with Crippen molar-refractivity contribution < 1.29 is 9.53 Å². The summed E-state index contributed by atoms with van der Waals surface area (Å²) in [6.07, 6.45) is 3.25. The Hall–Kier alpha value is -2.66. The van der Waals surface area contributed by atoms with Gasteiger partial charge in [0.1, 0.15) is 17.4 Å². The number of amides is 1. The van der Waals surface area contributed by atoms with Crippen LogP contribution in [0.25, 0.3) is 16.3 Å². The molecule has 4 nitrogen and oxygen atoms in total. The minimum Gasteiger partial charge on any atom is -0.491 e. The van der Waals surface area contributed by atoms with Crippen LogP contribution in [0.5, 0.6) is 5.75 Å². The average Bonchev–Trinajstić information content (AvgIpc) is 3.02. The second-order valence-corrected chi connectivity index (χ2v) is 6.78. The summed E-state index contributed by atoms with van der Waals surface area (Å²) in [5.74, 6) is 0.742. The third kappa shape index (κ3) is 4.45. The molecule has 128 valence electrons. The van der Waals surface area contributed by atoms with E-state index in [1.54, 1.807) is 17.4 Å². The quantitative estimate of drug-likeness (QED) is 0.536. The van der Waals surface area contributed by atoms with Crippen LogP contribution in [-0.4, -0.2) is 24.0 Å². The number of fused-ring (bicyclic) bond motifs is 1. The van der Waals surface area contributed by atoms with E-state index in [2.05, 4.69) is 10.3 Å². The van der Waals surface area contributed by atoms with Crippen molar-refractivity contribution in [2.75, 3.05) is 13.2 Å². The monoisotopic (exact) mass is 352 g/mol. The fraction of sp³-hybridized carbons (Fsp3) is 0.200. The number of ether oxygens (including phenoxy) is 1. The van der Waals surface area contributed by atoms with Crippen LogP contribution in [0.3, 0.4) is 0 Å². The lowest BCUT2D eigenvalue weighted by Crippen LogP contribution is -2.26. The second-order valence-electron chi connectivity index (χ2n) is 5.71. The zero-order valence-electron chi connectivity index (χ0n) is 14.3. The van der Waals surface area contributed by atoms with Crippen molar-refractivity contribution in [3.8, 4) is 5.75 Å². The zero-order chi connectivity index (χ0) is 17.6. The lowest BCUT2D eigenvalue weighted by Gasteiger charge is -2.11. The van der Waals surface area contributed by atoms with Gasteiger partial charge in [0.05, 0.1) is 16.8 Å². The maximum atomic E-state index is 11.9. The number of aryl methyl sites for hydroxylation is 2. The molecule has 0 radical (unpaired) electrons. The normalized spacial score (nSPS) is 11.1. The van der Waals surface area contributed by atoms with E-state index in [-0.39, 0.29) is 5.91 Å². The molecule has 0 bridgehead atoms. The van der Waals surface area contributed by atoms with Crippen molar-refractivity contribution in [3.05, 3.63) is 64.7 Å². The largest absolute Gasteiger partial charge is 0.491 e. The summed E-state index contributed by atoms with van der Waals surface area (Å²) < 4.78 is 6.89. The van der Waals surface area contributed by atoms with Gasteiger partial charge in [-0.15, -0.1) is 11.3 Å². The minimum atomic E-state index is -0.149. The molecule has 0 fully saturated rings. The van der Waals surface area contributed by atoms with Crippen molar-refractivity contribution in [3.63, 3.8) is 0 Å². The molecule has 0 spiro atoms. The van der Waals surface area contributed by atoms with Gasteiger partial charge in [-0.05, 0) is 43.2 Å². The van der Waals surface area contributed by atoms with E-state index in [0.29, 0.717) is 13.2 Å². The van der Waals surface area contributed by atoms with E-state index in [9.17, 15) is 4.79 Å². The number of para-hydroxylation sites is 2. The van der Waals surface area contributed by atoms with Crippen molar-refractivity contribution in [2.24, 2.45) is 0 Å². The molecule has 1 N–H and O–H groups in total. The summed E-state index contributed by atoms with van der Waals surface area (Å²) in [7, 11) is 0. The molecule has 1 aromatic heterocycles. The Morgan fingerprint density at radius 1 is 1.16 bits per heavy atom. The van der Waals surface area contributed by atoms with Crippen LogP contribution in [-0.2, 0) is 4.79 Å². The van der Waals surface area contributed by atoms with Crippen molar-refractivity contribution >= 4 is 33.5 Å². The van der Waals surface area contributed by atoms with Crippen LogP contribution >= 0.6 is 11.3 Å². The topological polar surface area (TPSA) is 51.2 Å². The molecular weight excluding hydrogens is 332 g/mol. The Bertz CT molecular complexity index is 862. The molecule has 1 heterocycles. The minimum absolute atomic E-state index is 0.149. The van der Waals surface area contributed by atoms with E-state index >= 15 is 0 Å². The van der Waals surface area contributed by atoms with Crippen molar-refractivity contribution in [1.82, 2.24) is 10.3 Å². The molecule has 2 aromatic carbocycles. The van der Waals surface area contributed by atoms with Gasteiger partial charge in [-0.1, -0.05) is 30.3 Å². The molecule has 0 saturated carbocycles. The Morgan fingerprint density at radius 3 is 2.68 bits per heavy atom. The van der Waals surface area contributed by atoms with Gasteiger partial charge in [-0.2, -0.15) is 0 Å². The molecule has 25 heavy (non-hydrogen) atoms. The van der Waals surface area contributed by atoms with Crippen LogP contribution in [0.2, 0.25) is 0 Å². The Kier molecular flexibility index (Phi) is 5.46. The number of nitrogens with one attached hydrogen (secondary N) is 1.